The van der Waals surface area contributed by atoms with Crippen molar-refractivity contribution in [3.63, 3.8) is 0 Å². The van der Waals surface area contributed by atoms with Crippen LogP contribution in [0, 0.1) is 4.77 Å². The Morgan fingerprint density at radius 1 is 1.22 bits per heavy atom. The highest BCUT2D eigenvalue weighted by molar-refractivity contribution is 7.71. The van der Waals surface area contributed by atoms with Gasteiger partial charge in [-0.3, -0.25) is 14.2 Å². The third kappa shape index (κ3) is 4.15. The molecule has 0 bridgehead atoms. The van der Waals surface area contributed by atoms with Crippen LogP contribution in [0.25, 0.3) is 10.9 Å². The molecule has 0 saturated heterocycles. The molecule has 0 aliphatic heterocycles. The number of fused-ring (bicyclic) bond motifs is 1. The second-order valence-electron chi connectivity index (χ2n) is 6.29. The minimum atomic E-state index is -0.192. The van der Waals surface area contributed by atoms with E-state index < -0.39 is 0 Å². The molecule has 6 nitrogen and oxygen atoms in total. The second kappa shape index (κ2) is 8.28. The van der Waals surface area contributed by atoms with Crippen molar-refractivity contribution in [3.05, 3.63) is 74.8 Å². The van der Waals surface area contributed by atoms with Crippen LogP contribution in [-0.2, 0) is 17.8 Å². The predicted octanol–water partition coefficient (Wildman–Crippen LogP) is 2.98. The number of methoxy groups -OCH3 is 1. The number of aromatic amines is 1. The third-order valence-electron chi connectivity index (χ3n) is 4.36. The Kier molecular flexibility index (Phi) is 5.83. The van der Waals surface area contributed by atoms with E-state index in [1.54, 1.807) is 37.3 Å². The average molecular weight is 383 g/mol. The summed E-state index contributed by atoms with van der Waals surface area (Å²) < 4.78 is 6.80. The van der Waals surface area contributed by atoms with Crippen LogP contribution < -0.4 is 5.56 Å². The molecule has 1 N–H and O–H groups in total. The molecule has 140 valence electrons. The van der Waals surface area contributed by atoms with E-state index in [4.69, 9.17) is 17.0 Å². The first-order valence-corrected chi connectivity index (χ1v) is 8.97. The number of aromatic nitrogens is 2. The molecule has 1 amide bonds. The molecule has 27 heavy (non-hydrogen) atoms. The Bertz CT molecular complexity index is 1070. The molecule has 1 aromatic heterocycles. The molecule has 0 fully saturated rings. The fourth-order valence-corrected chi connectivity index (χ4v) is 3.21. The summed E-state index contributed by atoms with van der Waals surface area (Å²) in [5, 5.41) is 0.488. The number of benzene rings is 2. The van der Waals surface area contributed by atoms with Crippen molar-refractivity contribution in [1.82, 2.24) is 14.5 Å². The Morgan fingerprint density at radius 2 is 1.96 bits per heavy atom. The first-order chi connectivity index (χ1) is 13.0. The van der Waals surface area contributed by atoms with Gasteiger partial charge in [0.15, 0.2) is 4.77 Å². The largest absolute Gasteiger partial charge is 0.383 e. The number of ether oxygens (including phenoxy) is 1. The SMILES string of the molecule is COCCn1c(=S)[nH]c2cc(C(=O)N(C)Cc3ccccc3)ccc2c1=O. The number of nitrogens with one attached hydrogen (secondary N) is 1. The van der Waals surface area contributed by atoms with E-state index in [0.29, 0.717) is 40.9 Å². The number of carbonyl (C=O) groups excluding carboxylic acids is 1. The van der Waals surface area contributed by atoms with E-state index >= 15 is 0 Å². The van der Waals surface area contributed by atoms with E-state index in [1.807, 2.05) is 30.3 Å². The summed E-state index contributed by atoms with van der Waals surface area (Å²) in [4.78, 5) is 30.1. The molecule has 2 aromatic carbocycles. The summed E-state index contributed by atoms with van der Waals surface area (Å²) >= 11 is 5.28. The maximum atomic E-state index is 12.8. The van der Waals surface area contributed by atoms with Crippen LogP contribution >= 0.6 is 12.2 Å². The van der Waals surface area contributed by atoms with Gasteiger partial charge in [-0.25, -0.2) is 0 Å². The summed E-state index contributed by atoms with van der Waals surface area (Å²) in [6.07, 6.45) is 0. The Labute approximate surface area is 162 Å². The number of H-pyrrole nitrogens is 1. The van der Waals surface area contributed by atoms with Crippen LogP contribution in [0.2, 0.25) is 0 Å². The molecular weight excluding hydrogens is 362 g/mol. The molecule has 0 atom stereocenters. The van der Waals surface area contributed by atoms with Crippen LogP contribution in [0.4, 0.5) is 0 Å². The topological polar surface area (TPSA) is 67.3 Å². The van der Waals surface area contributed by atoms with Crippen molar-refractivity contribution in [2.24, 2.45) is 0 Å². The van der Waals surface area contributed by atoms with Crippen LogP contribution in [0.3, 0.4) is 0 Å². The third-order valence-corrected chi connectivity index (χ3v) is 4.68. The first kappa shape index (κ1) is 19.0. The number of hydrogen-bond acceptors (Lipinski definition) is 4. The standard InChI is InChI=1S/C20H21N3O3S/c1-22(13-14-6-4-3-5-7-14)18(24)15-8-9-16-17(12-15)21-20(27)23(19(16)25)10-11-26-2/h3-9,12H,10-11,13H2,1-2H3,(H,21,27). The summed E-state index contributed by atoms with van der Waals surface area (Å²) in [5.41, 5.74) is 1.91. The molecular formula is C20H21N3O3S. The van der Waals surface area contributed by atoms with Gasteiger partial charge < -0.3 is 14.6 Å². The zero-order valence-corrected chi connectivity index (χ0v) is 16.1. The summed E-state index contributed by atoms with van der Waals surface area (Å²) in [6, 6.07) is 14.8. The van der Waals surface area contributed by atoms with Crippen molar-refractivity contribution in [1.29, 1.82) is 0 Å². The van der Waals surface area contributed by atoms with Gasteiger partial charge in [-0.2, -0.15) is 0 Å². The summed E-state index contributed by atoms with van der Waals surface area (Å²) in [7, 11) is 3.33. The molecule has 0 aliphatic rings. The Hall–Kier alpha value is -2.77. The normalized spacial score (nSPS) is 10.9. The van der Waals surface area contributed by atoms with E-state index in [9.17, 15) is 9.59 Å². The fraction of sp³-hybridized carbons (Fsp3) is 0.250. The molecule has 1 heterocycles. The monoisotopic (exact) mass is 383 g/mol. The van der Waals surface area contributed by atoms with E-state index in [0.717, 1.165) is 5.56 Å². The van der Waals surface area contributed by atoms with Crippen LogP contribution in [0.15, 0.2) is 53.3 Å². The average Bonchev–Trinajstić information content (AvgIpc) is 2.67. The predicted molar refractivity (Wildman–Crippen MR) is 108 cm³/mol. The van der Waals surface area contributed by atoms with Crippen molar-refractivity contribution < 1.29 is 9.53 Å². The van der Waals surface area contributed by atoms with Gasteiger partial charge in [0.1, 0.15) is 0 Å². The van der Waals surface area contributed by atoms with Gasteiger partial charge in [0.25, 0.3) is 11.5 Å². The van der Waals surface area contributed by atoms with Gasteiger partial charge >= 0.3 is 0 Å². The van der Waals surface area contributed by atoms with Crippen molar-refractivity contribution in [2.45, 2.75) is 13.1 Å². The fourth-order valence-electron chi connectivity index (χ4n) is 2.92. The second-order valence-corrected chi connectivity index (χ2v) is 6.67. The quantitative estimate of drug-likeness (QED) is 0.665. The van der Waals surface area contributed by atoms with Gasteiger partial charge in [-0.1, -0.05) is 30.3 Å². The van der Waals surface area contributed by atoms with Gasteiger partial charge in [-0.15, -0.1) is 0 Å². The minimum absolute atomic E-state index is 0.122. The zero-order chi connectivity index (χ0) is 19.4. The van der Waals surface area contributed by atoms with Crippen LogP contribution in [0.5, 0.6) is 0 Å². The molecule has 0 radical (unpaired) electrons. The van der Waals surface area contributed by atoms with Crippen molar-refractivity contribution in [3.8, 4) is 0 Å². The van der Waals surface area contributed by atoms with E-state index in [1.165, 1.54) is 4.57 Å². The van der Waals surface area contributed by atoms with Gasteiger partial charge in [0, 0.05) is 26.3 Å². The first-order valence-electron chi connectivity index (χ1n) is 8.56. The molecule has 0 saturated carbocycles. The molecule has 0 unspecified atom stereocenters. The Balaban J connectivity index is 1.91. The van der Waals surface area contributed by atoms with E-state index in [-0.39, 0.29) is 11.5 Å². The van der Waals surface area contributed by atoms with Crippen LogP contribution in [0.1, 0.15) is 15.9 Å². The molecule has 7 heteroatoms. The lowest BCUT2D eigenvalue weighted by atomic mass is 10.1. The van der Waals surface area contributed by atoms with Gasteiger partial charge in [-0.05, 0) is 36.0 Å². The minimum Gasteiger partial charge on any atom is -0.383 e. The lowest BCUT2D eigenvalue weighted by Crippen LogP contribution is -2.27. The van der Waals surface area contributed by atoms with Gasteiger partial charge in [0.05, 0.1) is 24.1 Å². The number of hydrogen-bond donors (Lipinski definition) is 1. The maximum Gasteiger partial charge on any atom is 0.262 e. The van der Waals surface area contributed by atoms with Crippen LogP contribution in [-0.4, -0.2) is 41.1 Å². The smallest absolute Gasteiger partial charge is 0.262 e. The van der Waals surface area contributed by atoms with Gasteiger partial charge in [0.2, 0.25) is 0 Å². The highest BCUT2D eigenvalue weighted by atomic mass is 32.1. The Morgan fingerprint density at radius 3 is 2.67 bits per heavy atom. The number of nitrogens with zero attached hydrogens (tertiary/aromatic N) is 2. The number of carbonyl (C=O) groups is 1. The molecule has 0 spiro atoms. The summed E-state index contributed by atoms with van der Waals surface area (Å²) in [6.45, 7) is 1.27. The number of rotatable bonds is 6. The highest BCUT2D eigenvalue weighted by Gasteiger charge is 2.14. The molecule has 3 rings (SSSR count). The van der Waals surface area contributed by atoms with Crippen molar-refractivity contribution >= 4 is 29.0 Å². The zero-order valence-electron chi connectivity index (χ0n) is 15.3. The summed E-state index contributed by atoms with van der Waals surface area (Å²) in [5.74, 6) is -0.122. The lowest BCUT2D eigenvalue weighted by molar-refractivity contribution is 0.0785. The van der Waals surface area contributed by atoms with E-state index in [2.05, 4.69) is 4.98 Å². The van der Waals surface area contributed by atoms with Crippen molar-refractivity contribution in [2.75, 3.05) is 20.8 Å². The lowest BCUT2D eigenvalue weighted by Gasteiger charge is -2.17. The molecule has 0 aliphatic carbocycles. The maximum absolute atomic E-state index is 12.8. The highest BCUT2D eigenvalue weighted by Crippen LogP contribution is 2.14. The number of amides is 1. The molecule has 3 aromatic rings.